The van der Waals surface area contributed by atoms with E-state index >= 15 is 0 Å². The molecule has 0 bridgehead atoms. The quantitative estimate of drug-likeness (QED) is 0.708. The van der Waals surface area contributed by atoms with Crippen molar-refractivity contribution in [3.05, 3.63) is 21.3 Å². The Balaban J connectivity index is 1.51. The zero-order valence-corrected chi connectivity index (χ0v) is 18.9. The average Bonchev–Trinajstić information content (AvgIpc) is 3.29. The van der Waals surface area contributed by atoms with Crippen molar-refractivity contribution in [3.8, 4) is 0 Å². The van der Waals surface area contributed by atoms with E-state index in [2.05, 4.69) is 5.16 Å². The summed E-state index contributed by atoms with van der Waals surface area (Å²) >= 11 is 7.41. The standard InChI is InChI=1S/C20H28ClN3O4S/c1-20(2,3)27-19(26)23(4)11-13-6-5-9-24(12-13)18(25)15-10-14(22-28-15)16-7-8-17(21)29-16/h7-8,13,15H,5-6,9-12H2,1-4H3. The van der Waals surface area contributed by atoms with Crippen LogP contribution in [0.3, 0.4) is 0 Å². The van der Waals surface area contributed by atoms with Crippen LogP contribution in [0.15, 0.2) is 17.3 Å². The number of nitrogens with zero attached hydrogens (tertiary/aromatic N) is 3. The van der Waals surface area contributed by atoms with Crippen LogP contribution in [-0.4, -0.2) is 65.9 Å². The SMILES string of the molecule is CN(CC1CCCN(C(=O)C2CC(c3ccc(Cl)s3)=NO2)C1)C(=O)OC(C)(C)C. The summed E-state index contributed by atoms with van der Waals surface area (Å²) in [6, 6.07) is 3.71. The Morgan fingerprint density at radius 3 is 2.83 bits per heavy atom. The molecule has 1 aromatic heterocycles. The third-order valence-electron chi connectivity index (χ3n) is 4.87. The van der Waals surface area contributed by atoms with Gasteiger partial charge in [0.2, 0.25) is 6.10 Å². The van der Waals surface area contributed by atoms with E-state index < -0.39 is 11.7 Å². The van der Waals surface area contributed by atoms with Gasteiger partial charge < -0.3 is 19.4 Å². The lowest BCUT2D eigenvalue weighted by Gasteiger charge is -2.35. The number of oxime groups is 1. The Morgan fingerprint density at radius 2 is 2.17 bits per heavy atom. The molecule has 3 heterocycles. The highest BCUT2D eigenvalue weighted by Crippen LogP contribution is 2.28. The van der Waals surface area contributed by atoms with Gasteiger partial charge in [0.1, 0.15) is 11.3 Å². The van der Waals surface area contributed by atoms with Crippen LogP contribution in [0.25, 0.3) is 0 Å². The number of piperidine rings is 1. The lowest BCUT2D eigenvalue weighted by Crippen LogP contribution is -2.48. The Morgan fingerprint density at radius 1 is 1.41 bits per heavy atom. The van der Waals surface area contributed by atoms with E-state index in [1.165, 1.54) is 11.3 Å². The van der Waals surface area contributed by atoms with Crippen molar-refractivity contribution in [1.29, 1.82) is 0 Å². The van der Waals surface area contributed by atoms with Crippen molar-refractivity contribution in [2.45, 2.75) is 51.7 Å². The molecule has 29 heavy (non-hydrogen) atoms. The second-order valence-corrected chi connectivity index (χ2v) is 10.3. The fourth-order valence-electron chi connectivity index (χ4n) is 3.54. The van der Waals surface area contributed by atoms with Crippen LogP contribution in [0.5, 0.6) is 0 Å². The van der Waals surface area contributed by atoms with Crippen LogP contribution in [0.4, 0.5) is 4.79 Å². The highest BCUT2D eigenvalue weighted by atomic mass is 35.5. The van der Waals surface area contributed by atoms with Crippen LogP contribution in [0, 0.1) is 5.92 Å². The van der Waals surface area contributed by atoms with Crippen molar-refractivity contribution in [1.82, 2.24) is 9.80 Å². The molecule has 9 heteroatoms. The first-order chi connectivity index (χ1) is 13.6. The van der Waals surface area contributed by atoms with Gasteiger partial charge in [0.15, 0.2) is 0 Å². The number of thiophene rings is 1. The molecule has 0 radical (unpaired) electrons. The number of carbonyl (C=O) groups excluding carboxylic acids is 2. The Hall–Kier alpha value is -1.80. The summed E-state index contributed by atoms with van der Waals surface area (Å²) in [6.07, 6.45) is 1.40. The minimum absolute atomic E-state index is 0.0453. The number of rotatable bonds is 4. The van der Waals surface area contributed by atoms with Gasteiger partial charge in [-0.1, -0.05) is 16.8 Å². The topological polar surface area (TPSA) is 71.4 Å². The minimum atomic E-state index is -0.590. The van der Waals surface area contributed by atoms with Crippen LogP contribution in [-0.2, 0) is 14.4 Å². The highest BCUT2D eigenvalue weighted by molar-refractivity contribution is 7.18. The molecule has 0 saturated carbocycles. The fourth-order valence-corrected chi connectivity index (χ4v) is 4.58. The maximum Gasteiger partial charge on any atom is 0.410 e. The van der Waals surface area contributed by atoms with Crippen molar-refractivity contribution in [2.75, 3.05) is 26.7 Å². The van der Waals surface area contributed by atoms with Crippen LogP contribution < -0.4 is 0 Å². The van der Waals surface area contributed by atoms with E-state index in [4.69, 9.17) is 21.2 Å². The molecule has 1 fully saturated rings. The van der Waals surface area contributed by atoms with Crippen molar-refractivity contribution < 1.29 is 19.2 Å². The first kappa shape index (κ1) is 21.9. The molecule has 160 valence electrons. The summed E-state index contributed by atoms with van der Waals surface area (Å²) in [6.45, 7) is 7.41. The van der Waals surface area contributed by atoms with E-state index in [0.29, 0.717) is 30.4 Å². The molecular formula is C20H28ClN3O4S. The zero-order valence-electron chi connectivity index (χ0n) is 17.3. The van der Waals surface area contributed by atoms with Gasteiger partial charge in [0.05, 0.1) is 9.21 Å². The van der Waals surface area contributed by atoms with Gasteiger partial charge in [-0.15, -0.1) is 11.3 Å². The second-order valence-electron chi connectivity index (χ2n) is 8.59. The monoisotopic (exact) mass is 441 g/mol. The number of halogens is 1. The molecule has 2 amide bonds. The fraction of sp³-hybridized carbons (Fsp3) is 0.650. The highest BCUT2D eigenvalue weighted by Gasteiger charge is 2.35. The largest absolute Gasteiger partial charge is 0.444 e. The van der Waals surface area contributed by atoms with Crippen LogP contribution in [0.1, 0.15) is 44.9 Å². The third kappa shape index (κ3) is 5.85. The Bertz CT molecular complexity index is 789. The molecule has 0 spiro atoms. The normalized spacial score (nSPS) is 22.1. The lowest BCUT2D eigenvalue weighted by atomic mass is 9.96. The van der Waals surface area contributed by atoms with Gasteiger partial charge in [0, 0.05) is 33.1 Å². The molecular weight excluding hydrogens is 414 g/mol. The summed E-state index contributed by atoms with van der Waals surface area (Å²) < 4.78 is 6.10. The summed E-state index contributed by atoms with van der Waals surface area (Å²) in [5.74, 6) is 0.166. The summed E-state index contributed by atoms with van der Waals surface area (Å²) in [5, 5.41) is 4.09. The smallest absolute Gasteiger partial charge is 0.410 e. The van der Waals surface area contributed by atoms with E-state index in [1.54, 1.807) is 11.9 Å². The lowest BCUT2D eigenvalue weighted by molar-refractivity contribution is -0.144. The first-order valence-corrected chi connectivity index (χ1v) is 11.0. The maximum atomic E-state index is 12.9. The van der Waals surface area contributed by atoms with Gasteiger partial charge in [-0.2, -0.15) is 0 Å². The minimum Gasteiger partial charge on any atom is -0.444 e. The van der Waals surface area contributed by atoms with Gasteiger partial charge >= 0.3 is 6.09 Å². The number of carbonyl (C=O) groups is 2. The molecule has 2 unspecified atom stereocenters. The number of ether oxygens (including phenoxy) is 1. The van der Waals surface area contributed by atoms with Gasteiger partial charge in [-0.3, -0.25) is 4.79 Å². The molecule has 2 aliphatic heterocycles. The number of amides is 2. The molecule has 1 saturated heterocycles. The van der Waals surface area contributed by atoms with E-state index in [0.717, 1.165) is 23.4 Å². The zero-order chi connectivity index (χ0) is 21.2. The number of likely N-dealkylation sites (tertiary alicyclic amines) is 1. The molecule has 2 aliphatic rings. The maximum absolute atomic E-state index is 12.9. The molecule has 0 N–H and O–H groups in total. The van der Waals surface area contributed by atoms with Crippen LogP contribution in [0.2, 0.25) is 4.34 Å². The van der Waals surface area contributed by atoms with E-state index in [9.17, 15) is 9.59 Å². The summed E-state index contributed by atoms with van der Waals surface area (Å²) in [5.41, 5.74) is 0.239. The van der Waals surface area contributed by atoms with E-state index in [1.807, 2.05) is 37.8 Å². The second kappa shape index (κ2) is 8.92. The summed E-state index contributed by atoms with van der Waals surface area (Å²) in [7, 11) is 1.74. The van der Waals surface area contributed by atoms with Gasteiger partial charge in [-0.25, -0.2) is 4.79 Å². The van der Waals surface area contributed by atoms with Crippen molar-refractivity contribution in [2.24, 2.45) is 11.1 Å². The molecule has 0 aliphatic carbocycles. The van der Waals surface area contributed by atoms with Crippen molar-refractivity contribution >= 4 is 40.6 Å². The van der Waals surface area contributed by atoms with Gasteiger partial charge in [-0.05, 0) is 51.7 Å². The van der Waals surface area contributed by atoms with Crippen molar-refractivity contribution in [3.63, 3.8) is 0 Å². The number of hydrogen-bond acceptors (Lipinski definition) is 6. The Kier molecular flexibility index (Phi) is 6.73. The number of hydrogen-bond donors (Lipinski definition) is 0. The van der Waals surface area contributed by atoms with Crippen LogP contribution >= 0.6 is 22.9 Å². The molecule has 7 nitrogen and oxygen atoms in total. The first-order valence-electron chi connectivity index (χ1n) is 9.83. The molecule has 1 aromatic rings. The predicted molar refractivity (Wildman–Crippen MR) is 114 cm³/mol. The molecule has 0 aromatic carbocycles. The van der Waals surface area contributed by atoms with Gasteiger partial charge in [0.25, 0.3) is 5.91 Å². The molecule has 2 atom stereocenters. The summed E-state index contributed by atoms with van der Waals surface area (Å²) in [4.78, 5) is 34.9. The molecule has 3 rings (SSSR count). The predicted octanol–water partition coefficient (Wildman–Crippen LogP) is 4.00. The van der Waals surface area contributed by atoms with E-state index in [-0.39, 0.29) is 17.9 Å². The third-order valence-corrected chi connectivity index (χ3v) is 6.15. The Labute approximate surface area is 180 Å². The average molecular weight is 442 g/mol.